The van der Waals surface area contributed by atoms with Crippen molar-refractivity contribution >= 4 is 5.96 Å². The minimum Gasteiger partial charge on any atom is -0.388 e. The number of likely N-dealkylation sites (tertiary alicyclic amines) is 1. The minimum atomic E-state index is -0.524. The quantitative estimate of drug-likeness (QED) is 0.585. The molecule has 1 spiro atoms. The van der Waals surface area contributed by atoms with E-state index in [0.717, 1.165) is 57.9 Å². The molecule has 114 valence electrons. The number of nitrogens with one attached hydrogen (secondary N) is 1. The van der Waals surface area contributed by atoms with Gasteiger partial charge >= 0.3 is 0 Å². The van der Waals surface area contributed by atoms with Gasteiger partial charge in [-0.05, 0) is 25.7 Å². The monoisotopic (exact) mass is 281 g/mol. The first-order valence-electron chi connectivity index (χ1n) is 7.91. The number of aliphatic imine (C=N–C) groups is 1. The van der Waals surface area contributed by atoms with E-state index in [1.165, 1.54) is 12.8 Å². The molecule has 3 rings (SSSR count). The van der Waals surface area contributed by atoms with E-state index in [4.69, 9.17) is 4.74 Å². The maximum absolute atomic E-state index is 10.4. The lowest BCUT2D eigenvalue weighted by molar-refractivity contribution is 0.0516. The molecule has 0 bridgehead atoms. The summed E-state index contributed by atoms with van der Waals surface area (Å²) < 4.78 is 5.57. The Bertz CT molecular complexity index is 371. The highest BCUT2D eigenvalue weighted by atomic mass is 16.5. The highest BCUT2D eigenvalue weighted by Crippen LogP contribution is 2.38. The van der Waals surface area contributed by atoms with Crippen molar-refractivity contribution in [3.63, 3.8) is 0 Å². The van der Waals surface area contributed by atoms with Crippen LogP contribution in [-0.2, 0) is 4.74 Å². The van der Waals surface area contributed by atoms with Gasteiger partial charge in [0.15, 0.2) is 5.96 Å². The van der Waals surface area contributed by atoms with Crippen molar-refractivity contribution in [2.24, 2.45) is 10.4 Å². The van der Waals surface area contributed by atoms with Crippen LogP contribution in [0.25, 0.3) is 0 Å². The third-order valence-electron chi connectivity index (χ3n) is 5.24. The SMILES string of the molecule is CN=C(NCC1(O)CCCC1)N1CCC2(CCOC2)C1. The fourth-order valence-corrected chi connectivity index (χ4v) is 3.87. The number of ether oxygens (including phenoxy) is 1. The Morgan fingerprint density at radius 1 is 1.30 bits per heavy atom. The van der Waals surface area contributed by atoms with Crippen LogP contribution in [0.5, 0.6) is 0 Å². The molecule has 5 heteroatoms. The Labute approximate surface area is 121 Å². The highest BCUT2D eigenvalue weighted by molar-refractivity contribution is 5.80. The first kappa shape index (κ1) is 14.1. The van der Waals surface area contributed by atoms with Crippen LogP contribution < -0.4 is 5.32 Å². The number of rotatable bonds is 2. The van der Waals surface area contributed by atoms with Gasteiger partial charge in [0.2, 0.25) is 0 Å². The first-order valence-corrected chi connectivity index (χ1v) is 7.91. The molecule has 2 saturated heterocycles. The third-order valence-corrected chi connectivity index (χ3v) is 5.24. The topological polar surface area (TPSA) is 57.1 Å². The molecular formula is C15H27N3O2. The van der Waals surface area contributed by atoms with E-state index in [0.29, 0.717) is 12.0 Å². The number of hydrogen-bond donors (Lipinski definition) is 2. The molecule has 2 heterocycles. The molecule has 0 aromatic rings. The molecule has 0 amide bonds. The molecule has 3 fully saturated rings. The summed E-state index contributed by atoms with van der Waals surface area (Å²) >= 11 is 0. The fraction of sp³-hybridized carbons (Fsp3) is 0.933. The van der Waals surface area contributed by atoms with Gasteiger partial charge in [-0.15, -0.1) is 0 Å². The molecule has 5 nitrogen and oxygen atoms in total. The highest BCUT2D eigenvalue weighted by Gasteiger charge is 2.42. The second kappa shape index (κ2) is 5.53. The van der Waals surface area contributed by atoms with Crippen molar-refractivity contribution in [2.45, 2.75) is 44.1 Å². The molecule has 1 aliphatic carbocycles. The van der Waals surface area contributed by atoms with Crippen molar-refractivity contribution in [2.75, 3.05) is 39.9 Å². The molecule has 1 saturated carbocycles. The lowest BCUT2D eigenvalue weighted by Crippen LogP contribution is -2.47. The zero-order valence-corrected chi connectivity index (χ0v) is 12.5. The summed E-state index contributed by atoms with van der Waals surface area (Å²) in [7, 11) is 1.83. The third kappa shape index (κ3) is 2.79. The molecule has 20 heavy (non-hydrogen) atoms. The van der Waals surface area contributed by atoms with Gasteiger partial charge in [0.05, 0.1) is 12.2 Å². The van der Waals surface area contributed by atoms with Gasteiger partial charge in [-0.3, -0.25) is 4.99 Å². The van der Waals surface area contributed by atoms with Crippen LogP contribution in [0.2, 0.25) is 0 Å². The van der Waals surface area contributed by atoms with Crippen LogP contribution in [-0.4, -0.2) is 61.5 Å². The van der Waals surface area contributed by atoms with E-state index in [-0.39, 0.29) is 0 Å². The summed E-state index contributed by atoms with van der Waals surface area (Å²) in [6, 6.07) is 0. The van der Waals surface area contributed by atoms with Gasteiger partial charge in [0, 0.05) is 38.7 Å². The zero-order valence-electron chi connectivity index (χ0n) is 12.5. The van der Waals surface area contributed by atoms with Crippen molar-refractivity contribution < 1.29 is 9.84 Å². The van der Waals surface area contributed by atoms with Gasteiger partial charge in [-0.1, -0.05) is 12.8 Å². The maximum Gasteiger partial charge on any atom is 0.193 e. The van der Waals surface area contributed by atoms with Crippen LogP contribution >= 0.6 is 0 Å². The first-order chi connectivity index (χ1) is 9.65. The van der Waals surface area contributed by atoms with Crippen molar-refractivity contribution in [1.29, 1.82) is 0 Å². The fourth-order valence-electron chi connectivity index (χ4n) is 3.87. The predicted molar refractivity (Wildman–Crippen MR) is 78.8 cm³/mol. The molecule has 0 aromatic carbocycles. The molecule has 3 aliphatic rings. The smallest absolute Gasteiger partial charge is 0.193 e. The Morgan fingerprint density at radius 3 is 2.75 bits per heavy atom. The lowest BCUT2D eigenvalue weighted by Gasteiger charge is -2.28. The van der Waals surface area contributed by atoms with Crippen LogP contribution in [0.4, 0.5) is 0 Å². The summed E-state index contributed by atoms with van der Waals surface area (Å²) in [4.78, 5) is 6.72. The van der Waals surface area contributed by atoms with Crippen molar-refractivity contribution in [1.82, 2.24) is 10.2 Å². The van der Waals surface area contributed by atoms with E-state index >= 15 is 0 Å². The van der Waals surface area contributed by atoms with Crippen LogP contribution in [0, 0.1) is 5.41 Å². The van der Waals surface area contributed by atoms with Gasteiger partial charge in [-0.25, -0.2) is 0 Å². The molecule has 0 aromatic heterocycles. The molecular weight excluding hydrogens is 254 g/mol. The number of hydrogen-bond acceptors (Lipinski definition) is 3. The average Bonchev–Trinajstić information content (AvgIpc) is 3.16. The normalized spacial score (nSPS) is 33.3. The maximum atomic E-state index is 10.4. The van der Waals surface area contributed by atoms with Crippen LogP contribution in [0.1, 0.15) is 38.5 Å². The standard InChI is InChI=1S/C15H27N3O2/c1-16-13(17-10-15(19)4-2-3-5-15)18-8-6-14(11-18)7-9-20-12-14/h19H,2-12H2,1H3,(H,16,17). The van der Waals surface area contributed by atoms with Crippen LogP contribution in [0.15, 0.2) is 4.99 Å². The summed E-state index contributed by atoms with van der Waals surface area (Å²) in [5, 5.41) is 13.8. The summed E-state index contributed by atoms with van der Waals surface area (Å²) in [5.74, 6) is 0.939. The molecule has 0 radical (unpaired) electrons. The Kier molecular flexibility index (Phi) is 3.91. The Balaban J connectivity index is 1.55. The minimum absolute atomic E-state index is 0.349. The zero-order chi connectivity index (χ0) is 14.1. The Hall–Kier alpha value is -0.810. The van der Waals surface area contributed by atoms with Crippen molar-refractivity contribution in [3.8, 4) is 0 Å². The summed E-state index contributed by atoms with van der Waals surface area (Å²) in [5.41, 5.74) is -0.175. The number of nitrogens with zero attached hydrogens (tertiary/aromatic N) is 2. The number of guanidine groups is 1. The van der Waals surface area contributed by atoms with Gasteiger partial charge in [0.1, 0.15) is 0 Å². The van der Waals surface area contributed by atoms with Crippen molar-refractivity contribution in [3.05, 3.63) is 0 Å². The largest absolute Gasteiger partial charge is 0.388 e. The second-order valence-corrected chi connectivity index (χ2v) is 6.81. The van der Waals surface area contributed by atoms with Gasteiger partial charge in [-0.2, -0.15) is 0 Å². The van der Waals surface area contributed by atoms with E-state index in [9.17, 15) is 5.11 Å². The Morgan fingerprint density at radius 2 is 2.10 bits per heavy atom. The van der Waals surface area contributed by atoms with E-state index in [2.05, 4.69) is 15.2 Å². The summed E-state index contributed by atoms with van der Waals surface area (Å²) in [6.45, 7) is 4.50. The van der Waals surface area contributed by atoms with E-state index < -0.39 is 5.60 Å². The van der Waals surface area contributed by atoms with E-state index in [1.807, 2.05) is 7.05 Å². The van der Waals surface area contributed by atoms with Crippen LogP contribution in [0.3, 0.4) is 0 Å². The second-order valence-electron chi connectivity index (χ2n) is 6.81. The van der Waals surface area contributed by atoms with E-state index in [1.54, 1.807) is 0 Å². The predicted octanol–water partition coefficient (Wildman–Crippen LogP) is 0.979. The number of aliphatic hydroxyl groups is 1. The average molecular weight is 281 g/mol. The molecule has 1 unspecified atom stereocenters. The molecule has 2 aliphatic heterocycles. The lowest BCUT2D eigenvalue weighted by atomic mass is 9.87. The summed E-state index contributed by atoms with van der Waals surface area (Å²) in [6.07, 6.45) is 6.47. The van der Waals surface area contributed by atoms with Gasteiger partial charge in [0.25, 0.3) is 0 Å². The molecule has 2 N–H and O–H groups in total. The van der Waals surface area contributed by atoms with Gasteiger partial charge < -0.3 is 20.1 Å². The molecule has 1 atom stereocenters.